The van der Waals surface area contributed by atoms with Crippen molar-refractivity contribution in [3.8, 4) is 0 Å². The van der Waals surface area contributed by atoms with E-state index < -0.39 is 0 Å². The van der Waals surface area contributed by atoms with Crippen molar-refractivity contribution < 1.29 is 0 Å². The highest BCUT2D eigenvalue weighted by molar-refractivity contribution is 14.1. The van der Waals surface area contributed by atoms with Crippen LogP contribution in [-0.4, -0.2) is 4.57 Å². The smallest absolute Gasteiger partial charge is 0.109 e. The topological polar surface area (TPSA) is 4.93 Å². The van der Waals surface area contributed by atoms with Crippen molar-refractivity contribution in [2.75, 3.05) is 0 Å². The fraction of sp³-hybridized carbons (Fsp3) is 0.333. The van der Waals surface area contributed by atoms with E-state index >= 15 is 0 Å². The molecule has 0 unspecified atom stereocenters. The lowest BCUT2D eigenvalue weighted by Gasteiger charge is -1.99. The Hall–Kier alpha value is 0.300. The lowest BCUT2D eigenvalue weighted by Crippen LogP contribution is -1.94. The van der Waals surface area contributed by atoms with Gasteiger partial charge in [0.15, 0.2) is 0 Å². The molecule has 0 radical (unpaired) electrons. The first-order valence-corrected chi connectivity index (χ1v) is 4.22. The van der Waals surface area contributed by atoms with Crippen molar-refractivity contribution in [2.24, 2.45) is 0 Å². The zero-order valence-corrected chi connectivity index (χ0v) is 7.98. The average molecular weight is 255 g/mol. The Labute approximate surface area is 73.1 Å². The van der Waals surface area contributed by atoms with E-state index in [-0.39, 0.29) is 0 Å². The van der Waals surface area contributed by atoms with E-state index in [1.807, 2.05) is 16.7 Å². The zero-order valence-electron chi connectivity index (χ0n) is 5.06. The molecule has 1 rings (SSSR count). The SMILES string of the molecule is CCn1c(Cl)ccc1I. The third-order valence-electron chi connectivity index (χ3n) is 1.19. The Kier molecular flexibility index (Phi) is 2.41. The molecule has 0 saturated heterocycles. The zero-order chi connectivity index (χ0) is 6.85. The molecule has 50 valence electrons. The van der Waals surface area contributed by atoms with Crippen LogP contribution in [0, 0.1) is 3.70 Å². The minimum absolute atomic E-state index is 0.821. The van der Waals surface area contributed by atoms with Gasteiger partial charge in [0.1, 0.15) is 5.15 Å². The molecule has 0 fully saturated rings. The van der Waals surface area contributed by atoms with Crippen LogP contribution in [0.2, 0.25) is 5.15 Å². The van der Waals surface area contributed by atoms with Crippen LogP contribution in [0.25, 0.3) is 0 Å². The van der Waals surface area contributed by atoms with E-state index in [9.17, 15) is 0 Å². The Morgan fingerprint density at radius 3 is 2.56 bits per heavy atom. The third kappa shape index (κ3) is 1.41. The van der Waals surface area contributed by atoms with Crippen molar-refractivity contribution in [3.63, 3.8) is 0 Å². The van der Waals surface area contributed by atoms with Crippen molar-refractivity contribution in [3.05, 3.63) is 21.0 Å². The monoisotopic (exact) mass is 255 g/mol. The van der Waals surface area contributed by atoms with E-state index in [4.69, 9.17) is 11.6 Å². The van der Waals surface area contributed by atoms with E-state index in [1.54, 1.807) is 0 Å². The van der Waals surface area contributed by atoms with Crippen LogP contribution in [0.1, 0.15) is 6.92 Å². The van der Waals surface area contributed by atoms with Gasteiger partial charge in [-0.1, -0.05) is 11.6 Å². The van der Waals surface area contributed by atoms with Gasteiger partial charge in [0.05, 0.1) is 3.70 Å². The molecule has 0 aliphatic carbocycles. The van der Waals surface area contributed by atoms with E-state index in [0.717, 1.165) is 11.7 Å². The van der Waals surface area contributed by atoms with Crippen LogP contribution < -0.4 is 0 Å². The summed E-state index contributed by atoms with van der Waals surface area (Å²) in [6.45, 7) is 3.03. The summed E-state index contributed by atoms with van der Waals surface area (Å²) in [4.78, 5) is 0. The number of hydrogen-bond acceptors (Lipinski definition) is 0. The molecule has 0 amide bonds. The summed E-state index contributed by atoms with van der Waals surface area (Å²) in [7, 11) is 0. The van der Waals surface area contributed by atoms with Crippen LogP contribution >= 0.6 is 34.2 Å². The molecule has 9 heavy (non-hydrogen) atoms. The molecular formula is C6H7ClIN. The summed E-state index contributed by atoms with van der Waals surface area (Å²) in [6.07, 6.45) is 0. The van der Waals surface area contributed by atoms with Gasteiger partial charge < -0.3 is 4.57 Å². The van der Waals surface area contributed by atoms with Gasteiger partial charge in [-0.15, -0.1) is 0 Å². The molecule has 1 aromatic rings. The molecule has 0 bridgehead atoms. The summed E-state index contributed by atoms with van der Waals surface area (Å²) < 4.78 is 3.24. The fourth-order valence-corrected chi connectivity index (χ4v) is 1.92. The summed E-state index contributed by atoms with van der Waals surface area (Å²) in [5.74, 6) is 0. The van der Waals surface area contributed by atoms with Crippen LogP contribution in [0.15, 0.2) is 12.1 Å². The van der Waals surface area contributed by atoms with Gasteiger partial charge >= 0.3 is 0 Å². The maximum Gasteiger partial charge on any atom is 0.109 e. The number of halogens is 2. The molecule has 3 heteroatoms. The summed E-state index contributed by atoms with van der Waals surface area (Å²) in [5.41, 5.74) is 0. The number of rotatable bonds is 1. The molecule has 0 aliphatic rings. The molecule has 1 heterocycles. The largest absolute Gasteiger partial charge is 0.327 e. The number of hydrogen-bond donors (Lipinski definition) is 0. The van der Waals surface area contributed by atoms with E-state index in [2.05, 4.69) is 29.5 Å². The molecule has 0 aromatic carbocycles. The first-order chi connectivity index (χ1) is 4.25. The first kappa shape index (κ1) is 7.41. The molecule has 1 aromatic heterocycles. The molecule has 0 spiro atoms. The lowest BCUT2D eigenvalue weighted by atomic mass is 10.7. The van der Waals surface area contributed by atoms with Crippen molar-refractivity contribution in [2.45, 2.75) is 13.5 Å². The average Bonchev–Trinajstić information content (AvgIpc) is 2.12. The predicted octanol–water partition coefficient (Wildman–Crippen LogP) is 2.77. The molecule has 0 atom stereocenters. The highest BCUT2D eigenvalue weighted by atomic mass is 127. The molecule has 0 saturated carbocycles. The lowest BCUT2D eigenvalue weighted by molar-refractivity contribution is 0.751. The van der Waals surface area contributed by atoms with Gasteiger partial charge in [-0.05, 0) is 41.6 Å². The van der Waals surface area contributed by atoms with Gasteiger partial charge in [-0.3, -0.25) is 0 Å². The maximum atomic E-state index is 5.80. The molecular weight excluding hydrogens is 248 g/mol. The van der Waals surface area contributed by atoms with Crippen LogP contribution in [0.4, 0.5) is 0 Å². The third-order valence-corrected chi connectivity index (χ3v) is 2.46. The summed E-state index contributed by atoms with van der Waals surface area (Å²) >= 11 is 8.06. The highest BCUT2D eigenvalue weighted by Crippen LogP contribution is 2.15. The number of nitrogens with zero attached hydrogens (tertiary/aromatic N) is 1. The Morgan fingerprint density at radius 1 is 1.67 bits per heavy atom. The van der Waals surface area contributed by atoms with Gasteiger partial charge in [-0.25, -0.2) is 0 Å². The quantitative estimate of drug-likeness (QED) is 0.680. The van der Waals surface area contributed by atoms with Gasteiger partial charge in [-0.2, -0.15) is 0 Å². The second-order valence-corrected chi connectivity index (χ2v) is 3.22. The fourth-order valence-electron chi connectivity index (χ4n) is 0.722. The molecule has 0 aliphatic heterocycles. The van der Waals surface area contributed by atoms with Gasteiger partial charge in [0.2, 0.25) is 0 Å². The minimum atomic E-state index is 0.821. The first-order valence-electron chi connectivity index (χ1n) is 2.76. The van der Waals surface area contributed by atoms with Gasteiger partial charge in [0, 0.05) is 6.54 Å². The van der Waals surface area contributed by atoms with Crippen LogP contribution in [-0.2, 0) is 6.54 Å². The highest BCUT2D eigenvalue weighted by Gasteiger charge is 1.98. The predicted molar refractivity (Wildman–Crippen MR) is 47.8 cm³/mol. The summed E-state index contributed by atoms with van der Waals surface area (Å²) in [6, 6.07) is 3.92. The Bertz CT molecular complexity index is 187. The Balaban J connectivity index is 3.07. The summed E-state index contributed by atoms with van der Waals surface area (Å²) in [5, 5.41) is 0.821. The maximum absolute atomic E-state index is 5.80. The van der Waals surface area contributed by atoms with Crippen molar-refractivity contribution >= 4 is 34.2 Å². The minimum Gasteiger partial charge on any atom is -0.327 e. The number of aromatic nitrogens is 1. The van der Waals surface area contributed by atoms with Crippen molar-refractivity contribution in [1.82, 2.24) is 4.57 Å². The van der Waals surface area contributed by atoms with E-state index in [1.165, 1.54) is 3.70 Å². The second kappa shape index (κ2) is 2.92. The second-order valence-electron chi connectivity index (χ2n) is 1.72. The Morgan fingerprint density at radius 2 is 2.33 bits per heavy atom. The molecule has 1 nitrogen and oxygen atoms in total. The van der Waals surface area contributed by atoms with Crippen molar-refractivity contribution in [1.29, 1.82) is 0 Å². The molecule has 0 N–H and O–H groups in total. The standard InChI is InChI=1S/C6H7ClIN/c1-2-9-5(7)3-4-6(9)8/h3-4H,2H2,1H3. The van der Waals surface area contributed by atoms with E-state index in [0.29, 0.717) is 0 Å². The normalized spacial score (nSPS) is 10.1. The van der Waals surface area contributed by atoms with Crippen LogP contribution in [0.5, 0.6) is 0 Å². The van der Waals surface area contributed by atoms with Gasteiger partial charge in [0.25, 0.3) is 0 Å². The van der Waals surface area contributed by atoms with Crippen LogP contribution in [0.3, 0.4) is 0 Å².